The number of nitrogens with one attached hydrogen (secondary N) is 1. The summed E-state index contributed by atoms with van der Waals surface area (Å²) in [4.78, 5) is 0. The van der Waals surface area contributed by atoms with Crippen LogP contribution in [0.3, 0.4) is 0 Å². The fourth-order valence-corrected chi connectivity index (χ4v) is 2.14. The Kier molecular flexibility index (Phi) is 8.07. The standard InChI is InChI=1S/C13H31N2/c1-6-8-11-15(4,5)12-13(3)9-10-14-7-2/h13-14H,6-12H2,1-5H3/q+1. The molecule has 0 aromatic carbocycles. The summed E-state index contributed by atoms with van der Waals surface area (Å²) < 4.78 is 1.18. The lowest BCUT2D eigenvalue weighted by Crippen LogP contribution is -2.44. The first kappa shape index (κ1) is 14.9. The number of hydrogen-bond acceptors (Lipinski definition) is 1. The predicted molar refractivity (Wildman–Crippen MR) is 69.1 cm³/mol. The van der Waals surface area contributed by atoms with Crippen molar-refractivity contribution in [2.24, 2.45) is 5.92 Å². The molecular formula is C13H31N2+. The molecule has 15 heavy (non-hydrogen) atoms. The summed E-state index contributed by atoms with van der Waals surface area (Å²) in [7, 11) is 4.72. The monoisotopic (exact) mass is 215 g/mol. The van der Waals surface area contributed by atoms with Crippen molar-refractivity contribution in [2.45, 2.75) is 40.0 Å². The zero-order chi connectivity index (χ0) is 11.7. The summed E-state index contributed by atoms with van der Waals surface area (Å²) in [6.07, 6.45) is 3.97. The van der Waals surface area contributed by atoms with Crippen molar-refractivity contribution in [1.82, 2.24) is 5.32 Å². The van der Waals surface area contributed by atoms with E-state index in [1.54, 1.807) is 0 Å². The second kappa shape index (κ2) is 8.12. The van der Waals surface area contributed by atoms with E-state index in [0.717, 1.165) is 12.5 Å². The minimum Gasteiger partial charge on any atom is -0.328 e. The first-order valence-corrected chi connectivity index (χ1v) is 6.54. The topological polar surface area (TPSA) is 12.0 Å². The van der Waals surface area contributed by atoms with Gasteiger partial charge in [-0.3, -0.25) is 0 Å². The maximum atomic E-state index is 3.40. The van der Waals surface area contributed by atoms with Crippen molar-refractivity contribution in [3.8, 4) is 0 Å². The summed E-state index contributed by atoms with van der Waals surface area (Å²) >= 11 is 0. The summed E-state index contributed by atoms with van der Waals surface area (Å²) in [6, 6.07) is 0. The maximum absolute atomic E-state index is 3.40. The summed E-state index contributed by atoms with van der Waals surface area (Å²) in [5, 5.41) is 3.40. The molecule has 1 atom stereocenters. The Hall–Kier alpha value is -0.0800. The van der Waals surface area contributed by atoms with Crippen LogP contribution in [0.15, 0.2) is 0 Å². The Morgan fingerprint density at radius 2 is 1.87 bits per heavy atom. The smallest absolute Gasteiger partial charge is 0.0808 e. The largest absolute Gasteiger partial charge is 0.328 e. The molecule has 0 rings (SSSR count). The molecule has 0 aliphatic rings. The summed E-state index contributed by atoms with van der Waals surface area (Å²) in [5.41, 5.74) is 0. The average Bonchev–Trinajstić information content (AvgIpc) is 2.14. The molecule has 2 heteroatoms. The van der Waals surface area contributed by atoms with Crippen LogP contribution in [0.1, 0.15) is 40.0 Å². The fourth-order valence-electron chi connectivity index (χ4n) is 2.14. The van der Waals surface area contributed by atoms with E-state index >= 15 is 0 Å². The molecule has 0 bridgehead atoms. The molecule has 1 N–H and O–H groups in total. The Balaban J connectivity index is 3.67. The van der Waals surface area contributed by atoms with Crippen LogP contribution in [0.2, 0.25) is 0 Å². The number of quaternary nitrogens is 1. The highest BCUT2D eigenvalue weighted by Gasteiger charge is 2.17. The number of rotatable bonds is 9. The fraction of sp³-hybridized carbons (Fsp3) is 1.00. The zero-order valence-electron chi connectivity index (χ0n) is 11.5. The Labute approximate surface area is 96.6 Å². The van der Waals surface area contributed by atoms with Crippen molar-refractivity contribution in [3.05, 3.63) is 0 Å². The lowest BCUT2D eigenvalue weighted by molar-refractivity contribution is -0.893. The van der Waals surface area contributed by atoms with Gasteiger partial charge in [0.25, 0.3) is 0 Å². The van der Waals surface area contributed by atoms with Crippen molar-refractivity contribution < 1.29 is 4.48 Å². The van der Waals surface area contributed by atoms with Crippen molar-refractivity contribution in [3.63, 3.8) is 0 Å². The quantitative estimate of drug-likeness (QED) is 0.460. The van der Waals surface area contributed by atoms with E-state index in [2.05, 4.69) is 40.2 Å². The number of hydrogen-bond donors (Lipinski definition) is 1. The molecule has 0 aromatic heterocycles. The lowest BCUT2D eigenvalue weighted by atomic mass is 10.1. The van der Waals surface area contributed by atoms with Crippen LogP contribution in [-0.2, 0) is 0 Å². The van der Waals surface area contributed by atoms with Gasteiger partial charge in [0.15, 0.2) is 0 Å². The predicted octanol–water partition coefficient (Wildman–Crippen LogP) is 2.50. The van der Waals surface area contributed by atoms with E-state index in [0.29, 0.717) is 0 Å². The number of nitrogens with zero attached hydrogens (tertiary/aromatic N) is 1. The van der Waals surface area contributed by atoms with Crippen LogP contribution in [0.25, 0.3) is 0 Å². The van der Waals surface area contributed by atoms with Crippen LogP contribution in [0.4, 0.5) is 0 Å². The van der Waals surface area contributed by atoms with Crippen LogP contribution in [0.5, 0.6) is 0 Å². The summed E-state index contributed by atoms with van der Waals surface area (Å²) in [5.74, 6) is 0.830. The van der Waals surface area contributed by atoms with Gasteiger partial charge in [-0.05, 0) is 25.9 Å². The molecule has 0 aliphatic carbocycles. The van der Waals surface area contributed by atoms with Crippen LogP contribution >= 0.6 is 0 Å². The molecule has 1 unspecified atom stereocenters. The minimum absolute atomic E-state index is 0.830. The van der Waals surface area contributed by atoms with E-state index in [1.807, 2.05) is 0 Å². The van der Waals surface area contributed by atoms with Gasteiger partial charge < -0.3 is 9.80 Å². The molecule has 0 fully saturated rings. The molecule has 0 aliphatic heterocycles. The molecule has 92 valence electrons. The van der Waals surface area contributed by atoms with Gasteiger partial charge >= 0.3 is 0 Å². The Morgan fingerprint density at radius 3 is 2.40 bits per heavy atom. The molecule has 0 spiro atoms. The molecular weight excluding hydrogens is 184 g/mol. The average molecular weight is 215 g/mol. The first-order valence-electron chi connectivity index (χ1n) is 6.54. The van der Waals surface area contributed by atoms with E-state index in [4.69, 9.17) is 0 Å². The van der Waals surface area contributed by atoms with Gasteiger partial charge in [0.1, 0.15) is 0 Å². The Bertz CT molecular complexity index is 143. The van der Waals surface area contributed by atoms with E-state index in [9.17, 15) is 0 Å². The minimum atomic E-state index is 0.830. The van der Waals surface area contributed by atoms with Crippen LogP contribution < -0.4 is 5.32 Å². The van der Waals surface area contributed by atoms with Gasteiger partial charge in [-0.15, -0.1) is 0 Å². The van der Waals surface area contributed by atoms with Gasteiger partial charge in [-0.1, -0.05) is 27.2 Å². The van der Waals surface area contributed by atoms with E-state index in [-0.39, 0.29) is 0 Å². The van der Waals surface area contributed by atoms with Crippen molar-refractivity contribution in [1.29, 1.82) is 0 Å². The lowest BCUT2D eigenvalue weighted by Gasteiger charge is -2.32. The van der Waals surface area contributed by atoms with Crippen molar-refractivity contribution in [2.75, 3.05) is 40.3 Å². The zero-order valence-corrected chi connectivity index (χ0v) is 11.5. The van der Waals surface area contributed by atoms with E-state index < -0.39 is 0 Å². The SMILES string of the molecule is CCCC[N+](C)(C)CC(C)CCNCC. The second-order valence-corrected chi connectivity index (χ2v) is 5.44. The molecule has 0 heterocycles. The molecule has 0 saturated carbocycles. The third-order valence-corrected chi connectivity index (χ3v) is 2.99. The normalized spacial score (nSPS) is 14.2. The molecule has 0 aromatic rings. The molecule has 0 radical (unpaired) electrons. The third kappa shape index (κ3) is 8.88. The second-order valence-electron chi connectivity index (χ2n) is 5.44. The van der Waals surface area contributed by atoms with Gasteiger partial charge in [0.05, 0.1) is 27.2 Å². The highest BCUT2D eigenvalue weighted by Crippen LogP contribution is 2.10. The summed E-state index contributed by atoms with van der Waals surface area (Å²) in [6.45, 7) is 11.7. The van der Waals surface area contributed by atoms with Gasteiger partial charge in [0, 0.05) is 5.92 Å². The van der Waals surface area contributed by atoms with Gasteiger partial charge in [0.2, 0.25) is 0 Å². The van der Waals surface area contributed by atoms with Gasteiger partial charge in [-0.25, -0.2) is 0 Å². The van der Waals surface area contributed by atoms with Crippen LogP contribution in [0, 0.1) is 5.92 Å². The third-order valence-electron chi connectivity index (χ3n) is 2.99. The maximum Gasteiger partial charge on any atom is 0.0808 e. The Morgan fingerprint density at radius 1 is 1.20 bits per heavy atom. The highest BCUT2D eigenvalue weighted by atomic mass is 15.3. The van der Waals surface area contributed by atoms with E-state index in [1.165, 1.54) is 43.4 Å². The van der Waals surface area contributed by atoms with Gasteiger partial charge in [-0.2, -0.15) is 0 Å². The first-order chi connectivity index (χ1) is 7.02. The highest BCUT2D eigenvalue weighted by molar-refractivity contribution is 4.54. The molecule has 0 amide bonds. The number of unbranched alkanes of at least 4 members (excludes halogenated alkanes) is 1. The van der Waals surface area contributed by atoms with Crippen molar-refractivity contribution >= 4 is 0 Å². The molecule has 2 nitrogen and oxygen atoms in total. The van der Waals surface area contributed by atoms with Crippen LogP contribution in [-0.4, -0.2) is 44.8 Å². The molecule has 0 saturated heterocycles.